The number of benzene rings is 1. The van der Waals surface area contributed by atoms with E-state index in [2.05, 4.69) is 6.07 Å². The van der Waals surface area contributed by atoms with Crippen LogP contribution in [-0.2, 0) is 16.4 Å². The highest BCUT2D eigenvalue weighted by molar-refractivity contribution is 7.89. The molecule has 0 aliphatic carbocycles. The molecule has 0 heterocycles. The highest BCUT2D eigenvalue weighted by Gasteiger charge is 2.35. The maximum atomic E-state index is 12.0. The van der Waals surface area contributed by atoms with Crippen molar-refractivity contribution in [3.05, 3.63) is 35.9 Å². The lowest BCUT2D eigenvalue weighted by molar-refractivity contribution is -0.106. The van der Waals surface area contributed by atoms with E-state index in [-0.39, 0.29) is 0 Å². The van der Waals surface area contributed by atoms with Gasteiger partial charge in [0.15, 0.2) is 5.75 Å². The molecule has 1 unspecified atom stereocenters. The normalized spacial score (nSPS) is 14.4. The fourth-order valence-corrected chi connectivity index (χ4v) is 2.73. The van der Waals surface area contributed by atoms with Crippen LogP contribution in [0.3, 0.4) is 0 Å². The van der Waals surface area contributed by atoms with Crippen molar-refractivity contribution in [3.8, 4) is 0 Å². The van der Waals surface area contributed by atoms with Crippen LogP contribution in [0.15, 0.2) is 24.3 Å². The van der Waals surface area contributed by atoms with Crippen LogP contribution in [0.25, 0.3) is 0 Å². The summed E-state index contributed by atoms with van der Waals surface area (Å²) in [5, 5.41) is 0. The molecule has 0 fully saturated rings. The number of hydrogen-bond donors (Lipinski definition) is 1. The number of alkyl halides is 3. The first kappa shape index (κ1) is 15.0. The van der Waals surface area contributed by atoms with Crippen molar-refractivity contribution < 1.29 is 21.6 Å². The van der Waals surface area contributed by atoms with Gasteiger partial charge in [-0.3, -0.25) is 0 Å². The number of halogens is 3. The molecule has 1 N–H and O–H groups in total. The lowest BCUT2D eigenvalue weighted by atomic mass is 10.1. The van der Waals surface area contributed by atoms with E-state index in [0.29, 0.717) is 6.42 Å². The van der Waals surface area contributed by atoms with Crippen LogP contribution in [0.1, 0.15) is 12.5 Å². The van der Waals surface area contributed by atoms with E-state index < -0.39 is 28.0 Å². The first-order chi connectivity index (χ1) is 8.18. The van der Waals surface area contributed by atoms with E-state index >= 15 is 0 Å². The van der Waals surface area contributed by atoms with Gasteiger partial charge in [-0.25, -0.2) is 13.1 Å². The monoisotopic (exact) mass is 280 g/mol. The molecular formula is C11H13F3NO2S. The number of rotatable bonds is 5. The smallest absolute Gasteiger partial charge is 0.212 e. The molecule has 0 spiro atoms. The second-order valence-corrected chi connectivity index (χ2v) is 5.76. The molecule has 1 rings (SSSR count). The molecule has 101 valence electrons. The Morgan fingerprint density at radius 1 is 1.33 bits per heavy atom. The summed E-state index contributed by atoms with van der Waals surface area (Å²) in [5.74, 6) is -1.85. The van der Waals surface area contributed by atoms with Gasteiger partial charge in [-0.15, -0.1) is 0 Å². The molecule has 1 aromatic carbocycles. The standard InChI is InChI=1S/C11H13F3NO2S/c1-9(7-10-5-3-2-4-6-10)15-18(16,17)8-11(12,13)14/h3-6,9,15H,7-8H2,1H3. The van der Waals surface area contributed by atoms with Crippen LogP contribution in [-0.4, -0.2) is 26.4 Å². The second kappa shape index (κ2) is 5.71. The van der Waals surface area contributed by atoms with Gasteiger partial charge in [0.2, 0.25) is 10.0 Å². The van der Waals surface area contributed by atoms with Gasteiger partial charge < -0.3 is 0 Å². The van der Waals surface area contributed by atoms with Gasteiger partial charge in [0.25, 0.3) is 0 Å². The van der Waals surface area contributed by atoms with Gasteiger partial charge in [-0.2, -0.15) is 13.2 Å². The molecule has 0 saturated carbocycles. The summed E-state index contributed by atoms with van der Waals surface area (Å²) in [7, 11) is -4.34. The molecule has 0 aliphatic rings. The largest absolute Gasteiger partial charge is 0.404 e. The SMILES string of the molecule is CC(Cc1cc[c]cc1)NS(=O)(=O)CC(F)(F)F. The van der Waals surface area contributed by atoms with E-state index in [0.717, 1.165) is 5.56 Å². The topological polar surface area (TPSA) is 46.2 Å². The highest BCUT2D eigenvalue weighted by atomic mass is 32.2. The fourth-order valence-electron chi connectivity index (χ4n) is 1.52. The number of hydrogen-bond acceptors (Lipinski definition) is 2. The van der Waals surface area contributed by atoms with Crippen LogP contribution in [0.2, 0.25) is 0 Å². The predicted molar refractivity (Wildman–Crippen MR) is 61.4 cm³/mol. The van der Waals surface area contributed by atoms with Gasteiger partial charge >= 0.3 is 6.18 Å². The Kier molecular flexibility index (Phi) is 4.75. The summed E-state index contributed by atoms with van der Waals surface area (Å²) < 4.78 is 60.4. The van der Waals surface area contributed by atoms with E-state index in [9.17, 15) is 21.6 Å². The van der Waals surface area contributed by atoms with Crippen molar-refractivity contribution in [2.75, 3.05) is 5.75 Å². The molecule has 0 aliphatic heterocycles. The molecule has 7 heteroatoms. The summed E-state index contributed by atoms with van der Waals surface area (Å²) in [6.07, 6.45) is -4.40. The van der Waals surface area contributed by atoms with Crippen molar-refractivity contribution in [1.82, 2.24) is 4.72 Å². The molecule has 1 atom stereocenters. The molecule has 0 amide bonds. The van der Waals surface area contributed by atoms with E-state index in [4.69, 9.17) is 0 Å². The summed E-state index contributed by atoms with van der Waals surface area (Å²) in [6.45, 7) is 1.52. The molecular weight excluding hydrogens is 267 g/mol. The Morgan fingerprint density at radius 3 is 2.39 bits per heavy atom. The average Bonchev–Trinajstić information content (AvgIpc) is 2.13. The van der Waals surface area contributed by atoms with Gasteiger partial charge in [0.05, 0.1) is 0 Å². The Hall–Kier alpha value is -1.08. The minimum absolute atomic E-state index is 0.325. The molecule has 1 radical (unpaired) electrons. The minimum Gasteiger partial charge on any atom is -0.212 e. The third-order valence-electron chi connectivity index (χ3n) is 2.06. The van der Waals surface area contributed by atoms with E-state index in [1.165, 1.54) is 6.92 Å². The van der Waals surface area contributed by atoms with Crippen molar-refractivity contribution in [2.45, 2.75) is 25.6 Å². The van der Waals surface area contributed by atoms with Gasteiger partial charge in [0, 0.05) is 6.04 Å². The van der Waals surface area contributed by atoms with Crippen molar-refractivity contribution in [2.24, 2.45) is 0 Å². The van der Waals surface area contributed by atoms with Gasteiger partial charge in [-0.1, -0.05) is 24.3 Å². The van der Waals surface area contributed by atoms with Crippen molar-refractivity contribution in [3.63, 3.8) is 0 Å². The number of sulfonamides is 1. The Balaban J connectivity index is 2.57. The maximum Gasteiger partial charge on any atom is 0.404 e. The van der Waals surface area contributed by atoms with Gasteiger partial charge in [0.1, 0.15) is 0 Å². The van der Waals surface area contributed by atoms with Crippen LogP contribution < -0.4 is 4.72 Å². The molecule has 0 aromatic heterocycles. The van der Waals surface area contributed by atoms with Crippen LogP contribution in [0, 0.1) is 6.07 Å². The Bertz CT molecular complexity index is 471. The molecule has 0 bridgehead atoms. The maximum absolute atomic E-state index is 12.0. The summed E-state index contributed by atoms with van der Waals surface area (Å²) in [5.41, 5.74) is 0.830. The van der Waals surface area contributed by atoms with Gasteiger partial charge in [-0.05, 0) is 25.0 Å². The highest BCUT2D eigenvalue weighted by Crippen LogP contribution is 2.17. The zero-order valence-corrected chi connectivity index (χ0v) is 10.5. The first-order valence-electron chi connectivity index (χ1n) is 5.20. The van der Waals surface area contributed by atoms with Crippen LogP contribution >= 0.6 is 0 Å². The lowest BCUT2D eigenvalue weighted by Gasteiger charge is -2.15. The van der Waals surface area contributed by atoms with E-state index in [1.807, 2.05) is 4.72 Å². The van der Waals surface area contributed by atoms with Crippen molar-refractivity contribution >= 4 is 10.0 Å². The molecule has 18 heavy (non-hydrogen) atoms. The Morgan fingerprint density at radius 2 is 1.89 bits per heavy atom. The lowest BCUT2D eigenvalue weighted by Crippen LogP contribution is -2.39. The second-order valence-electron chi connectivity index (χ2n) is 4.01. The Labute approximate surface area is 104 Å². The summed E-state index contributed by atoms with van der Waals surface area (Å²) in [6, 6.07) is 8.98. The number of nitrogens with one attached hydrogen (secondary N) is 1. The summed E-state index contributed by atoms with van der Waals surface area (Å²) in [4.78, 5) is 0. The van der Waals surface area contributed by atoms with E-state index in [1.54, 1.807) is 24.3 Å². The summed E-state index contributed by atoms with van der Waals surface area (Å²) >= 11 is 0. The first-order valence-corrected chi connectivity index (χ1v) is 6.85. The molecule has 0 saturated heterocycles. The third kappa shape index (κ3) is 6.02. The average molecular weight is 280 g/mol. The fraction of sp³-hybridized carbons (Fsp3) is 0.455. The van der Waals surface area contributed by atoms with Crippen molar-refractivity contribution in [1.29, 1.82) is 0 Å². The predicted octanol–water partition coefficient (Wildman–Crippen LogP) is 1.90. The minimum atomic E-state index is -4.73. The zero-order valence-electron chi connectivity index (χ0n) is 9.66. The zero-order chi connectivity index (χ0) is 13.8. The quantitative estimate of drug-likeness (QED) is 0.895. The third-order valence-corrected chi connectivity index (χ3v) is 3.53. The van der Waals surface area contributed by atoms with Crippen LogP contribution in [0.5, 0.6) is 0 Å². The molecule has 1 aromatic rings. The molecule has 3 nitrogen and oxygen atoms in total. The van der Waals surface area contributed by atoms with Crippen LogP contribution in [0.4, 0.5) is 13.2 Å².